The number of ether oxygens (including phenoxy) is 1. The maximum absolute atomic E-state index is 12.5. The van der Waals surface area contributed by atoms with Crippen molar-refractivity contribution in [1.82, 2.24) is 14.9 Å². The number of methoxy groups -OCH3 is 1. The number of carbonyl (C=O) groups excluding carboxylic acids is 1. The van der Waals surface area contributed by atoms with Crippen molar-refractivity contribution in [3.05, 3.63) is 41.2 Å². The lowest BCUT2D eigenvalue weighted by molar-refractivity contribution is 0.102. The molecule has 1 saturated heterocycles. The van der Waals surface area contributed by atoms with Crippen LogP contribution in [0.4, 0.5) is 11.6 Å². The highest BCUT2D eigenvalue weighted by molar-refractivity contribution is 6.32. The van der Waals surface area contributed by atoms with Gasteiger partial charge in [-0.2, -0.15) is 0 Å². The van der Waals surface area contributed by atoms with E-state index in [1.165, 1.54) is 0 Å². The van der Waals surface area contributed by atoms with Crippen molar-refractivity contribution in [2.24, 2.45) is 0 Å². The molecular weight excluding hydrogens is 342 g/mol. The van der Waals surface area contributed by atoms with E-state index in [2.05, 4.69) is 32.1 Å². The molecule has 1 aliphatic rings. The minimum Gasteiger partial charge on any atom is -0.495 e. The summed E-state index contributed by atoms with van der Waals surface area (Å²) in [6, 6.07) is 6.67. The van der Waals surface area contributed by atoms with Gasteiger partial charge in [0, 0.05) is 38.1 Å². The number of aromatic nitrogens is 2. The molecule has 2 heterocycles. The molecule has 0 spiro atoms. The summed E-state index contributed by atoms with van der Waals surface area (Å²) in [4.78, 5) is 25.5. The van der Waals surface area contributed by atoms with Crippen LogP contribution < -0.4 is 15.0 Å². The van der Waals surface area contributed by atoms with Crippen molar-refractivity contribution < 1.29 is 9.53 Å². The standard InChI is InChI=1S/C17H20ClN5O2/c1-22-7-9-23(10-8-22)17-19-6-5-14(21-17)16(24)20-12-3-4-15(25-2)13(18)11-12/h3-6,11H,7-10H2,1-2H3,(H,20,24). The molecule has 1 N–H and O–H groups in total. The summed E-state index contributed by atoms with van der Waals surface area (Å²) in [6.07, 6.45) is 1.61. The van der Waals surface area contributed by atoms with Crippen LogP contribution in [0.1, 0.15) is 10.5 Å². The van der Waals surface area contributed by atoms with Crippen LogP contribution in [0.5, 0.6) is 5.75 Å². The summed E-state index contributed by atoms with van der Waals surface area (Å²) in [7, 11) is 3.63. The maximum atomic E-state index is 12.5. The van der Waals surface area contributed by atoms with Crippen LogP contribution in [0.2, 0.25) is 5.02 Å². The number of anilines is 2. The first kappa shape index (κ1) is 17.4. The Morgan fingerprint density at radius 3 is 2.68 bits per heavy atom. The number of nitrogens with zero attached hydrogens (tertiary/aromatic N) is 4. The highest BCUT2D eigenvalue weighted by Gasteiger charge is 2.18. The molecule has 8 heteroatoms. The molecule has 25 heavy (non-hydrogen) atoms. The van der Waals surface area contributed by atoms with Gasteiger partial charge in [0.15, 0.2) is 0 Å². The molecular formula is C17H20ClN5O2. The largest absolute Gasteiger partial charge is 0.495 e. The number of likely N-dealkylation sites (N-methyl/N-ethyl adjacent to an activating group) is 1. The minimum atomic E-state index is -0.306. The van der Waals surface area contributed by atoms with Crippen molar-refractivity contribution in [2.45, 2.75) is 0 Å². The summed E-state index contributed by atoms with van der Waals surface area (Å²) in [5.74, 6) is 0.826. The molecule has 0 radical (unpaired) electrons. The molecule has 0 unspecified atom stereocenters. The van der Waals surface area contributed by atoms with Crippen LogP contribution in [0.25, 0.3) is 0 Å². The van der Waals surface area contributed by atoms with Crippen LogP contribution >= 0.6 is 11.6 Å². The van der Waals surface area contributed by atoms with Gasteiger partial charge < -0.3 is 19.9 Å². The molecule has 1 fully saturated rings. The quantitative estimate of drug-likeness (QED) is 0.899. The number of carbonyl (C=O) groups is 1. The summed E-state index contributed by atoms with van der Waals surface area (Å²) in [5.41, 5.74) is 0.895. The van der Waals surface area contributed by atoms with Gasteiger partial charge in [0.1, 0.15) is 11.4 Å². The number of rotatable bonds is 4. The monoisotopic (exact) mass is 361 g/mol. The summed E-state index contributed by atoms with van der Waals surface area (Å²) in [5, 5.41) is 3.22. The Kier molecular flexibility index (Phi) is 5.35. The zero-order chi connectivity index (χ0) is 17.8. The first-order valence-corrected chi connectivity index (χ1v) is 8.36. The maximum Gasteiger partial charge on any atom is 0.274 e. The molecule has 132 valence electrons. The fourth-order valence-electron chi connectivity index (χ4n) is 2.57. The van der Waals surface area contributed by atoms with E-state index in [4.69, 9.17) is 16.3 Å². The third-order valence-electron chi connectivity index (χ3n) is 4.07. The third-order valence-corrected chi connectivity index (χ3v) is 4.37. The second-order valence-corrected chi connectivity index (χ2v) is 6.24. The average Bonchev–Trinajstić information content (AvgIpc) is 2.62. The van der Waals surface area contributed by atoms with Crippen LogP contribution in [0, 0.1) is 0 Å². The van der Waals surface area contributed by atoms with Crippen LogP contribution in [0.15, 0.2) is 30.5 Å². The summed E-state index contributed by atoms with van der Waals surface area (Å²) in [6.45, 7) is 3.58. The number of amides is 1. The Morgan fingerprint density at radius 2 is 2.00 bits per heavy atom. The normalized spacial score (nSPS) is 15.1. The van der Waals surface area contributed by atoms with Gasteiger partial charge in [-0.1, -0.05) is 11.6 Å². The van der Waals surface area contributed by atoms with Crippen LogP contribution in [-0.2, 0) is 0 Å². The predicted octanol–water partition coefficient (Wildman–Crippen LogP) is 2.14. The molecule has 3 rings (SSSR count). The van der Waals surface area contributed by atoms with E-state index in [1.807, 2.05) is 0 Å². The van der Waals surface area contributed by atoms with E-state index in [1.54, 1.807) is 37.6 Å². The van der Waals surface area contributed by atoms with E-state index in [9.17, 15) is 4.79 Å². The lowest BCUT2D eigenvalue weighted by Gasteiger charge is -2.32. The Bertz CT molecular complexity index is 762. The molecule has 7 nitrogen and oxygen atoms in total. The average molecular weight is 362 g/mol. The van der Waals surface area contributed by atoms with E-state index in [-0.39, 0.29) is 5.91 Å². The van der Waals surface area contributed by atoms with Crippen molar-refractivity contribution in [2.75, 3.05) is 50.6 Å². The van der Waals surface area contributed by atoms with E-state index in [0.717, 1.165) is 26.2 Å². The zero-order valence-corrected chi connectivity index (χ0v) is 15.0. The molecule has 1 amide bonds. The van der Waals surface area contributed by atoms with Crippen molar-refractivity contribution >= 4 is 29.1 Å². The number of halogens is 1. The smallest absolute Gasteiger partial charge is 0.274 e. The van der Waals surface area contributed by atoms with Crippen molar-refractivity contribution in [3.63, 3.8) is 0 Å². The van der Waals surface area contributed by atoms with E-state index >= 15 is 0 Å². The highest BCUT2D eigenvalue weighted by Crippen LogP contribution is 2.27. The van der Waals surface area contributed by atoms with E-state index in [0.29, 0.717) is 28.1 Å². The number of piperazine rings is 1. The lowest BCUT2D eigenvalue weighted by Crippen LogP contribution is -2.45. The first-order valence-electron chi connectivity index (χ1n) is 7.98. The van der Waals surface area contributed by atoms with Gasteiger partial charge in [0.05, 0.1) is 12.1 Å². The van der Waals surface area contributed by atoms with Gasteiger partial charge in [-0.3, -0.25) is 4.79 Å². The number of nitrogens with one attached hydrogen (secondary N) is 1. The Labute approximate surface area is 151 Å². The molecule has 1 aromatic carbocycles. The zero-order valence-electron chi connectivity index (χ0n) is 14.2. The Balaban J connectivity index is 1.72. The van der Waals surface area contributed by atoms with E-state index < -0.39 is 0 Å². The highest BCUT2D eigenvalue weighted by atomic mass is 35.5. The van der Waals surface area contributed by atoms with Gasteiger partial charge in [-0.25, -0.2) is 9.97 Å². The van der Waals surface area contributed by atoms with Crippen molar-refractivity contribution in [1.29, 1.82) is 0 Å². The minimum absolute atomic E-state index is 0.306. The summed E-state index contributed by atoms with van der Waals surface area (Å²) >= 11 is 6.08. The molecule has 1 aliphatic heterocycles. The Morgan fingerprint density at radius 1 is 1.24 bits per heavy atom. The second kappa shape index (κ2) is 7.67. The van der Waals surface area contributed by atoms with Gasteiger partial charge in [-0.15, -0.1) is 0 Å². The molecule has 0 saturated carbocycles. The molecule has 1 aromatic heterocycles. The van der Waals surface area contributed by atoms with Crippen LogP contribution in [-0.4, -0.2) is 61.1 Å². The van der Waals surface area contributed by atoms with Gasteiger partial charge in [0.2, 0.25) is 5.95 Å². The predicted molar refractivity (Wildman–Crippen MR) is 97.7 cm³/mol. The second-order valence-electron chi connectivity index (χ2n) is 5.84. The molecule has 0 atom stereocenters. The fraction of sp³-hybridized carbons (Fsp3) is 0.353. The van der Waals surface area contributed by atoms with Crippen LogP contribution in [0.3, 0.4) is 0 Å². The van der Waals surface area contributed by atoms with Gasteiger partial charge >= 0.3 is 0 Å². The van der Waals surface area contributed by atoms with Gasteiger partial charge in [0.25, 0.3) is 5.91 Å². The topological polar surface area (TPSA) is 70.6 Å². The number of benzene rings is 1. The number of hydrogen-bond donors (Lipinski definition) is 1. The Hall–Kier alpha value is -2.38. The fourth-order valence-corrected chi connectivity index (χ4v) is 2.83. The SMILES string of the molecule is COc1ccc(NC(=O)c2ccnc(N3CCN(C)CC3)n2)cc1Cl. The molecule has 0 bridgehead atoms. The third kappa shape index (κ3) is 4.18. The summed E-state index contributed by atoms with van der Waals surface area (Å²) < 4.78 is 5.11. The lowest BCUT2D eigenvalue weighted by atomic mass is 10.3. The molecule has 0 aliphatic carbocycles. The number of hydrogen-bond acceptors (Lipinski definition) is 6. The first-order chi connectivity index (χ1) is 12.1. The molecule has 2 aromatic rings. The van der Waals surface area contributed by atoms with Crippen molar-refractivity contribution in [3.8, 4) is 5.75 Å². The van der Waals surface area contributed by atoms with Gasteiger partial charge in [-0.05, 0) is 31.3 Å².